The first-order chi connectivity index (χ1) is 9.93. The minimum atomic E-state index is -1.05. The van der Waals surface area contributed by atoms with E-state index in [0.717, 1.165) is 0 Å². The van der Waals surface area contributed by atoms with E-state index in [1.54, 1.807) is 30.3 Å². The lowest BCUT2D eigenvalue weighted by atomic mass is 9.97. The van der Waals surface area contributed by atoms with Gasteiger partial charge in [0.05, 0.1) is 18.0 Å². The fourth-order valence-electron chi connectivity index (χ4n) is 2.44. The Balaban J connectivity index is 2.43. The van der Waals surface area contributed by atoms with Crippen molar-refractivity contribution in [3.63, 3.8) is 0 Å². The van der Waals surface area contributed by atoms with Gasteiger partial charge in [0, 0.05) is 6.54 Å². The molecule has 0 spiro atoms. The van der Waals surface area contributed by atoms with E-state index >= 15 is 0 Å². The maximum absolute atomic E-state index is 12.1. The van der Waals surface area contributed by atoms with Crippen molar-refractivity contribution in [2.24, 2.45) is 0 Å². The number of carboxylic acids is 1. The number of carboxylic acid groups (broad SMARTS) is 1. The molecule has 0 aromatic heterocycles. The van der Waals surface area contributed by atoms with E-state index in [2.05, 4.69) is 0 Å². The number of aliphatic carboxylic acids is 1. The molecule has 110 valence electrons. The summed E-state index contributed by atoms with van der Waals surface area (Å²) in [5.74, 6) is -2.77. The summed E-state index contributed by atoms with van der Waals surface area (Å²) in [6, 6.07) is 8.01. The van der Waals surface area contributed by atoms with Gasteiger partial charge in [0.2, 0.25) is 0 Å². The molecule has 0 saturated heterocycles. The first kappa shape index (κ1) is 14.8. The number of carbonyl (C=O) groups excluding carboxylic acids is 2. The standard InChI is InChI=1S/C15H15NO5/c1-9(17)12-13(10-5-3-2-4-6-10)16(8-7-11(18)19)15(21)14(12)20/h2-6,13,20H,7-8H2,1H3,(H,18,19)/t13-/m0/s1. The third-order valence-corrected chi connectivity index (χ3v) is 3.36. The fourth-order valence-corrected chi connectivity index (χ4v) is 2.44. The number of ketones is 1. The molecule has 1 aliphatic heterocycles. The predicted molar refractivity (Wildman–Crippen MR) is 73.5 cm³/mol. The molecule has 1 aromatic rings. The van der Waals surface area contributed by atoms with Crippen LogP contribution >= 0.6 is 0 Å². The van der Waals surface area contributed by atoms with E-state index < -0.39 is 29.5 Å². The minimum Gasteiger partial charge on any atom is -0.503 e. The number of benzene rings is 1. The smallest absolute Gasteiger partial charge is 0.305 e. The molecule has 0 saturated carbocycles. The van der Waals surface area contributed by atoms with Crippen LogP contribution in [0.5, 0.6) is 0 Å². The molecular weight excluding hydrogens is 274 g/mol. The summed E-state index contributed by atoms with van der Waals surface area (Å²) < 4.78 is 0. The summed E-state index contributed by atoms with van der Waals surface area (Å²) in [5, 5.41) is 18.7. The Hall–Kier alpha value is -2.63. The molecular formula is C15H15NO5. The summed E-state index contributed by atoms with van der Waals surface area (Å²) in [4.78, 5) is 35.8. The summed E-state index contributed by atoms with van der Waals surface area (Å²) >= 11 is 0. The number of Topliss-reactive ketones (excluding diaryl/α,β-unsaturated/α-hetero) is 1. The van der Waals surface area contributed by atoms with Crippen LogP contribution in [-0.2, 0) is 14.4 Å². The second-order valence-corrected chi connectivity index (χ2v) is 4.77. The van der Waals surface area contributed by atoms with Gasteiger partial charge in [-0.25, -0.2) is 0 Å². The number of hydrogen-bond acceptors (Lipinski definition) is 4. The molecule has 0 radical (unpaired) electrons. The molecule has 1 amide bonds. The molecule has 0 fully saturated rings. The van der Waals surface area contributed by atoms with Gasteiger partial charge in [-0.15, -0.1) is 0 Å². The van der Waals surface area contributed by atoms with E-state index in [4.69, 9.17) is 5.11 Å². The molecule has 0 unspecified atom stereocenters. The van der Waals surface area contributed by atoms with Gasteiger partial charge < -0.3 is 15.1 Å². The molecule has 1 atom stereocenters. The van der Waals surface area contributed by atoms with Gasteiger partial charge in [-0.3, -0.25) is 14.4 Å². The quantitative estimate of drug-likeness (QED) is 0.855. The van der Waals surface area contributed by atoms with Crippen LogP contribution in [0.1, 0.15) is 24.9 Å². The van der Waals surface area contributed by atoms with Crippen molar-refractivity contribution < 1.29 is 24.6 Å². The Bertz CT molecular complexity index is 620. The zero-order valence-corrected chi connectivity index (χ0v) is 11.4. The largest absolute Gasteiger partial charge is 0.503 e. The molecule has 1 aliphatic rings. The van der Waals surface area contributed by atoms with E-state index in [1.807, 2.05) is 0 Å². The Morgan fingerprint density at radius 3 is 2.38 bits per heavy atom. The van der Waals surface area contributed by atoms with E-state index in [1.165, 1.54) is 11.8 Å². The van der Waals surface area contributed by atoms with Crippen LogP contribution in [-0.4, -0.2) is 39.3 Å². The number of aliphatic hydroxyl groups excluding tert-OH is 1. The Morgan fingerprint density at radius 1 is 1.24 bits per heavy atom. The number of hydrogen-bond donors (Lipinski definition) is 2. The average Bonchev–Trinajstić information content (AvgIpc) is 2.70. The third-order valence-electron chi connectivity index (χ3n) is 3.36. The van der Waals surface area contributed by atoms with Crippen molar-refractivity contribution >= 4 is 17.7 Å². The van der Waals surface area contributed by atoms with Gasteiger partial charge in [0.1, 0.15) is 0 Å². The minimum absolute atomic E-state index is 0.0107. The summed E-state index contributed by atoms with van der Waals surface area (Å²) in [6.45, 7) is 1.20. The average molecular weight is 289 g/mol. The Labute approximate surface area is 121 Å². The van der Waals surface area contributed by atoms with Crippen molar-refractivity contribution in [1.82, 2.24) is 4.90 Å². The molecule has 0 aliphatic carbocycles. The zero-order chi connectivity index (χ0) is 15.6. The predicted octanol–water partition coefficient (Wildman–Crippen LogP) is 1.45. The highest BCUT2D eigenvalue weighted by atomic mass is 16.4. The Kier molecular flexibility index (Phi) is 4.07. The summed E-state index contributed by atoms with van der Waals surface area (Å²) in [6.07, 6.45) is -0.256. The zero-order valence-electron chi connectivity index (χ0n) is 11.4. The number of amides is 1. The van der Waals surface area contributed by atoms with Crippen molar-refractivity contribution in [2.75, 3.05) is 6.54 Å². The number of aliphatic hydroxyl groups is 1. The second kappa shape index (κ2) is 5.78. The summed E-state index contributed by atoms with van der Waals surface area (Å²) in [7, 11) is 0. The van der Waals surface area contributed by atoms with Gasteiger partial charge in [0.15, 0.2) is 11.5 Å². The maximum atomic E-state index is 12.1. The first-order valence-electron chi connectivity index (χ1n) is 6.45. The van der Waals surface area contributed by atoms with Gasteiger partial charge >= 0.3 is 5.97 Å². The maximum Gasteiger partial charge on any atom is 0.305 e. The highest BCUT2D eigenvalue weighted by Gasteiger charge is 2.42. The highest BCUT2D eigenvalue weighted by Crippen LogP contribution is 2.37. The molecule has 2 N–H and O–H groups in total. The van der Waals surface area contributed by atoms with Crippen LogP contribution in [0.4, 0.5) is 0 Å². The van der Waals surface area contributed by atoms with Gasteiger partial charge in [-0.1, -0.05) is 30.3 Å². The highest BCUT2D eigenvalue weighted by molar-refractivity contribution is 6.08. The van der Waals surface area contributed by atoms with E-state index in [-0.39, 0.29) is 18.5 Å². The second-order valence-electron chi connectivity index (χ2n) is 4.77. The van der Waals surface area contributed by atoms with Crippen LogP contribution in [0, 0.1) is 0 Å². The van der Waals surface area contributed by atoms with E-state index in [0.29, 0.717) is 5.56 Å². The number of nitrogens with zero attached hydrogens (tertiary/aromatic N) is 1. The summed E-state index contributed by atoms with van der Waals surface area (Å²) in [5.41, 5.74) is 0.669. The normalized spacial score (nSPS) is 18.2. The lowest BCUT2D eigenvalue weighted by Crippen LogP contribution is -2.33. The van der Waals surface area contributed by atoms with Crippen LogP contribution < -0.4 is 0 Å². The SMILES string of the molecule is CC(=O)C1=C(O)C(=O)N(CCC(=O)O)[C@H]1c1ccccc1. The van der Waals surface area contributed by atoms with Crippen LogP contribution in [0.3, 0.4) is 0 Å². The lowest BCUT2D eigenvalue weighted by molar-refractivity contribution is -0.138. The lowest BCUT2D eigenvalue weighted by Gasteiger charge is -2.25. The molecule has 21 heavy (non-hydrogen) atoms. The van der Waals surface area contributed by atoms with Crippen molar-refractivity contribution in [1.29, 1.82) is 0 Å². The third kappa shape index (κ3) is 2.79. The molecule has 1 aromatic carbocycles. The first-order valence-corrected chi connectivity index (χ1v) is 6.45. The number of carbonyl (C=O) groups is 3. The molecule has 2 rings (SSSR count). The molecule has 1 heterocycles. The van der Waals surface area contributed by atoms with Crippen LogP contribution in [0.15, 0.2) is 41.7 Å². The van der Waals surface area contributed by atoms with Crippen molar-refractivity contribution in [2.45, 2.75) is 19.4 Å². The van der Waals surface area contributed by atoms with Crippen molar-refractivity contribution in [3.8, 4) is 0 Å². The van der Waals surface area contributed by atoms with Gasteiger partial charge in [0.25, 0.3) is 5.91 Å². The Morgan fingerprint density at radius 2 is 1.86 bits per heavy atom. The van der Waals surface area contributed by atoms with E-state index in [9.17, 15) is 19.5 Å². The number of rotatable bonds is 5. The topological polar surface area (TPSA) is 94.9 Å². The fraction of sp³-hybridized carbons (Fsp3) is 0.267. The van der Waals surface area contributed by atoms with Gasteiger partial charge in [-0.05, 0) is 12.5 Å². The van der Waals surface area contributed by atoms with Crippen molar-refractivity contribution in [3.05, 3.63) is 47.2 Å². The molecule has 0 bridgehead atoms. The monoisotopic (exact) mass is 289 g/mol. The van der Waals surface area contributed by atoms with Gasteiger partial charge in [-0.2, -0.15) is 0 Å². The molecule has 6 heteroatoms. The van der Waals surface area contributed by atoms with Crippen LogP contribution in [0.2, 0.25) is 0 Å². The van der Waals surface area contributed by atoms with Crippen LogP contribution in [0.25, 0.3) is 0 Å². The molecule has 6 nitrogen and oxygen atoms in total.